The molecule has 4 aromatic rings. The zero-order valence-electron chi connectivity index (χ0n) is 20.3. The molecule has 1 atom stereocenters. The van der Waals surface area contributed by atoms with Gasteiger partial charge < -0.3 is 9.88 Å². The van der Waals surface area contributed by atoms with Crippen molar-refractivity contribution in [3.63, 3.8) is 0 Å². The first-order valence-electron chi connectivity index (χ1n) is 11.5. The molecule has 2 amide bonds. The lowest BCUT2D eigenvalue weighted by Gasteiger charge is -2.34. The fraction of sp³-hybridized carbons (Fsp3) is 0.308. The Morgan fingerprint density at radius 3 is 2.49 bits per heavy atom. The fourth-order valence-electron chi connectivity index (χ4n) is 3.94. The second-order valence-corrected chi connectivity index (χ2v) is 9.12. The molecule has 0 saturated heterocycles. The van der Waals surface area contributed by atoms with E-state index in [0.29, 0.717) is 23.1 Å². The van der Waals surface area contributed by atoms with Crippen LogP contribution in [0.5, 0.6) is 0 Å². The first-order chi connectivity index (χ1) is 16.7. The van der Waals surface area contributed by atoms with Crippen LogP contribution in [-0.2, 0) is 23.2 Å². The van der Waals surface area contributed by atoms with Crippen LogP contribution in [0.3, 0.4) is 0 Å². The van der Waals surface area contributed by atoms with Crippen molar-refractivity contribution in [3.05, 3.63) is 78.4 Å². The summed E-state index contributed by atoms with van der Waals surface area (Å²) in [5.74, 6) is -1.51. The number of carbonyl (C=O) groups is 2. The largest absolute Gasteiger partial charge is 0.352 e. The van der Waals surface area contributed by atoms with Gasteiger partial charge in [0.2, 0.25) is 11.8 Å². The van der Waals surface area contributed by atoms with Crippen molar-refractivity contribution in [2.75, 3.05) is 4.90 Å². The number of para-hydroxylation sites is 2. The van der Waals surface area contributed by atoms with Gasteiger partial charge in [0.1, 0.15) is 17.9 Å². The predicted molar refractivity (Wildman–Crippen MR) is 132 cm³/mol. The summed E-state index contributed by atoms with van der Waals surface area (Å²) in [5.41, 5.74) is 1.35. The Hall–Kier alpha value is -4.01. The topological polar surface area (TPSA) is 85.0 Å². The summed E-state index contributed by atoms with van der Waals surface area (Å²) in [6.07, 6.45) is 2.46. The van der Waals surface area contributed by atoms with E-state index in [1.807, 2.05) is 32.9 Å². The average Bonchev–Trinajstić information content (AvgIpc) is 3.43. The second-order valence-electron chi connectivity index (χ2n) is 9.12. The summed E-state index contributed by atoms with van der Waals surface area (Å²) in [4.78, 5) is 28.8. The van der Waals surface area contributed by atoms with E-state index in [1.165, 1.54) is 21.7 Å². The van der Waals surface area contributed by atoms with Crippen LogP contribution in [0.2, 0.25) is 0 Å². The summed E-state index contributed by atoms with van der Waals surface area (Å²) in [6.45, 7) is 5.56. The lowest BCUT2D eigenvalue weighted by atomic mass is 10.00. The standard InChI is InChI=1S/C26H29FN6O2/c1-5-26(2,3)28-25(35)24(22-15-10-16-31(22)4)33(20-13-8-6-11-18(20)27)23(34)17-32-21-14-9-7-12-19(21)29-30-32/h6-16,24H,5,17H2,1-4H3,(H,28,35). The molecule has 0 spiro atoms. The summed E-state index contributed by atoms with van der Waals surface area (Å²) in [6, 6.07) is 15.7. The van der Waals surface area contributed by atoms with Crippen LogP contribution in [0.4, 0.5) is 10.1 Å². The van der Waals surface area contributed by atoms with Crippen LogP contribution in [0.15, 0.2) is 66.9 Å². The Bertz CT molecular complexity index is 1360. The van der Waals surface area contributed by atoms with E-state index in [0.717, 1.165) is 0 Å². The zero-order chi connectivity index (χ0) is 25.2. The number of carbonyl (C=O) groups excluding carboxylic acids is 2. The molecule has 0 aliphatic rings. The molecule has 0 bridgehead atoms. The molecular formula is C26H29FN6O2. The minimum absolute atomic E-state index is 0.0116. The number of nitrogens with zero attached hydrogens (tertiary/aromatic N) is 5. The van der Waals surface area contributed by atoms with E-state index in [1.54, 1.807) is 54.2 Å². The van der Waals surface area contributed by atoms with Gasteiger partial charge in [-0.05, 0) is 56.7 Å². The monoisotopic (exact) mass is 476 g/mol. The molecule has 2 aromatic heterocycles. The highest BCUT2D eigenvalue weighted by Gasteiger charge is 2.37. The maximum absolute atomic E-state index is 15.1. The maximum Gasteiger partial charge on any atom is 0.249 e. The van der Waals surface area contributed by atoms with Gasteiger partial charge in [-0.3, -0.25) is 14.5 Å². The lowest BCUT2D eigenvalue weighted by Crippen LogP contribution is -2.51. The van der Waals surface area contributed by atoms with Gasteiger partial charge in [0.15, 0.2) is 6.04 Å². The quantitative estimate of drug-likeness (QED) is 0.417. The van der Waals surface area contributed by atoms with E-state index in [9.17, 15) is 9.59 Å². The summed E-state index contributed by atoms with van der Waals surface area (Å²) in [5, 5.41) is 11.3. The number of rotatable bonds is 8. The SMILES string of the molecule is CCC(C)(C)NC(=O)C(c1cccn1C)N(C(=O)Cn1nnc2ccccc21)c1ccccc1F. The van der Waals surface area contributed by atoms with Crippen molar-refractivity contribution in [2.45, 2.75) is 45.3 Å². The van der Waals surface area contributed by atoms with E-state index in [2.05, 4.69) is 15.6 Å². The molecule has 4 rings (SSSR count). The van der Waals surface area contributed by atoms with Gasteiger partial charge in [0, 0.05) is 18.8 Å². The third kappa shape index (κ3) is 4.94. The van der Waals surface area contributed by atoms with Crippen LogP contribution in [0.1, 0.15) is 38.9 Å². The minimum atomic E-state index is -1.11. The van der Waals surface area contributed by atoms with E-state index in [-0.39, 0.29) is 12.2 Å². The number of hydrogen-bond acceptors (Lipinski definition) is 4. The number of benzene rings is 2. The van der Waals surface area contributed by atoms with Gasteiger partial charge >= 0.3 is 0 Å². The first kappa shape index (κ1) is 24.1. The molecule has 0 fully saturated rings. The molecule has 1 unspecified atom stereocenters. The molecule has 0 saturated carbocycles. The molecule has 8 nitrogen and oxygen atoms in total. The Morgan fingerprint density at radius 2 is 1.80 bits per heavy atom. The van der Waals surface area contributed by atoms with Crippen molar-refractivity contribution in [3.8, 4) is 0 Å². The van der Waals surface area contributed by atoms with Gasteiger partial charge in [0.25, 0.3) is 0 Å². The van der Waals surface area contributed by atoms with Crippen molar-refractivity contribution in [2.24, 2.45) is 7.05 Å². The number of nitrogens with one attached hydrogen (secondary N) is 1. The third-order valence-electron chi connectivity index (χ3n) is 6.20. The lowest BCUT2D eigenvalue weighted by molar-refractivity contribution is -0.128. The van der Waals surface area contributed by atoms with E-state index >= 15 is 4.39 Å². The number of aromatic nitrogens is 4. The summed E-state index contributed by atoms with van der Waals surface area (Å²) >= 11 is 0. The molecule has 0 radical (unpaired) electrons. The number of aryl methyl sites for hydroxylation is 1. The summed E-state index contributed by atoms with van der Waals surface area (Å²) in [7, 11) is 1.79. The van der Waals surface area contributed by atoms with Crippen LogP contribution in [0.25, 0.3) is 11.0 Å². The fourth-order valence-corrected chi connectivity index (χ4v) is 3.94. The minimum Gasteiger partial charge on any atom is -0.352 e. The highest BCUT2D eigenvalue weighted by atomic mass is 19.1. The maximum atomic E-state index is 15.1. The molecule has 2 heterocycles. The molecular weight excluding hydrogens is 447 g/mol. The summed E-state index contributed by atoms with van der Waals surface area (Å²) < 4.78 is 18.4. The molecule has 0 aliphatic carbocycles. The normalized spacial score (nSPS) is 12.5. The highest BCUT2D eigenvalue weighted by molar-refractivity contribution is 6.01. The number of hydrogen-bond donors (Lipinski definition) is 1. The molecule has 9 heteroatoms. The Morgan fingerprint density at radius 1 is 1.09 bits per heavy atom. The molecule has 35 heavy (non-hydrogen) atoms. The van der Waals surface area contributed by atoms with Crippen LogP contribution < -0.4 is 10.2 Å². The van der Waals surface area contributed by atoms with Gasteiger partial charge in [0.05, 0.1) is 16.9 Å². The van der Waals surface area contributed by atoms with Gasteiger partial charge in [-0.15, -0.1) is 5.10 Å². The van der Waals surface area contributed by atoms with Crippen molar-refractivity contribution in [1.82, 2.24) is 24.9 Å². The number of amides is 2. The molecule has 0 aliphatic heterocycles. The number of fused-ring (bicyclic) bond motifs is 1. The first-order valence-corrected chi connectivity index (χ1v) is 11.5. The zero-order valence-corrected chi connectivity index (χ0v) is 20.3. The third-order valence-corrected chi connectivity index (χ3v) is 6.20. The van der Waals surface area contributed by atoms with Gasteiger partial charge in [-0.25, -0.2) is 9.07 Å². The van der Waals surface area contributed by atoms with E-state index < -0.39 is 29.2 Å². The van der Waals surface area contributed by atoms with E-state index in [4.69, 9.17) is 0 Å². The smallest absolute Gasteiger partial charge is 0.249 e. The van der Waals surface area contributed by atoms with Crippen molar-refractivity contribution < 1.29 is 14.0 Å². The highest BCUT2D eigenvalue weighted by Crippen LogP contribution is 2.31. The Kier molecular flexibility index (Phi) is 6.68. The van der Waals surface area contributed by atoms with Gasteiger partial charge in [-0.1, -0.05) is 36.4 Å². The van der Waals surface area contributed by atoms with Crippen LogP contribution >= 0.6 is 0 Å². The molecule has 1 N–H and O–H groups in total. The van der Waals surface area contributed by atoms with Crippen LogP contribution in [0, 0.1) is 5.82 Å². The van der Waals surface area contributed by atoms with Crippen molar-refractivity contribution in [1.29, 1.82) is 0 Å². The average molecular weight is 477 g/mol. The second kappa shape index (κ2) is 9.69. The number of halogens is 1. The van der Waals surface area contributed by atoms with Crippen LogP contribution in [-0.4, -0.2) is 36.9 Å². The molecule has 2 aromatic carbocycles. The molecule has 182 valence electrons. The van der Waals surface area contributed by atoms with Crippen molar-refractivity contribution >= 4 is 28.5 Å². The number of anilines is 1. The van der Waals surface area contributed by atoms with Gasteiger partial charge in [-0.2, -0.15) is 0 Å². The Balaban J connectivity index is 1.83. The Labute approximate surface area is 203 Å². The predicted octanol–water partition coefficient (Wildman–Crippen LogP) is 3.99.